The summed E-state index contributed by atoms with van der Waals surface area (Å²) >= 11 is 0. The number of rotatable bonds is 4. The normalized spacial score (nSPS) is 9.00. The zero-order valence-electron chi connectivity index (χ0n) is 6.04. The maximum absolute atomic E-state index is 7.91. The number of nitrogens with zero attached hydrogens (tertiary/aromatic N) is 5. The van der Waals surface area contributed by atoms with Crippen LogP contribution in [0.2, 0.25) is 0 Å². The lowest BCUT2D eigenvalue weighted by atomic mass is 10.7. The number of hydrogen-bond acceptors (Lipinski definition) is 6. The zero-order valence-corrected chi connectivity index (χ0v) is 6.04. The summed E-state index contributed by atoms with van der Waals surface area (Å²) in [5.41, 5.74) is 13.2. The Morgan fingerprint density at radius 3 is 3.08 bits per heavy atom. The molecule has 2 N–H and O–H groups in total. The Kier molecular flexibility index (Phi) is 2.74. The number of azide groups is 1. The molecule has 0 saturated heterocycles. The van der Waals surface area contributed by atoms with Crippen LogP contribution < -0.4 is 10.5 Å². The van der Waals surface area contributed by atoms with Crippen molar-refractivity contribution < 1.29 is 9.37 Å². The van der Waals surface area contributed by atoms with Gasteiger partial charge < -0.3 is 10.5 Å². The largest absolute Gasteiger partial charge is 0.473 e. The van der Waals surface area contributed by atoms with E-state index < -0.39 is 0 Å². The minimum absolute atomic E-state index is 0.0796. The molecule has 0 atom stereocenters. The van der Waals surface area contributed by atoms with Gasteiger partial charge in [0.2, 0.25) is 5.82 Å². The second kappa shape index (κ2) is 4.04. The van der Waals surface area contributed by atoms with Crippen molar-refractivity contribution in [1.82, 2.24) is 10.3 Å². The van der Waals surface area contributed by atoms with E-state index in [4.69, 9.17) is 16.0 Å². The molecule has 0 aromatic carbocycles. The number of nitrogen functional groups attached to an aromatic ring is 1. The minimum Gasteiger partial charge on any atom is -0.473 e. The van der Waals surface area contributed by atoms with E-state index in [0.717, 1.165) is 0 Å². The van der Waals surface area contributed by atoms with Crippen molar-refractivity contribution in [2.45, 2.75) is 0 Å². The first-order valence-corrected chi connectivity index (χ1v) is 3.06. The van der Waals surface area contributed by atoms with Gasteiger partial charge in [-0.1, -0.05) is 5.11 Å². The highest BCUT2D eigenvalue weighted by Gasteiger charge is 2.05. The van der Waals surface area contributed by atoms with Crippen LogP contribution >= 0.6 is 0 Å². The molecule has 1 rings (SSSR count). The van der Waals surface area contributed by atoms with Gasteiger partial charge in [-0.2, -0.15) is 0 Å². The van der Waals surface area contributed by atoms with Crippen LogP contribution in [0, 0.1) is 0 Å². The van der Waals surface area contributed by atoms with E-state index in [-0.39, 0.29) is 24.8 Å². The molecule has 0 radical (unpaired) electrons. The standard InChI is InChI=1S/C4H6N6O2/c5-3-4(9-12-8-3)11-2-1-7-10-6/h1-2H2,(H2,5,8). The lowest BCUT2D eigenvalue weighted by Crippen LogP contribution is -2.02. The Balaban J connectivity index is 2.33. The van der Waals surface area contributed by atoms with E-state index in [2.05, 4.69) is 25.0 Å². The van der Waals surface area contributed by atoms with Crippen molar-refractivity contribution in [3.63, 3.8) is 0 Å². The highest BCUT2D eigenvalue weighted by atomic mass is 16.6. The molecule has 0 amide bonds. The van der Waals surface area contributed by atoms with E-state index in [1.807, 2.05) is 0 Å². The molecule has 0 aliphatic carbocycles. The summed E-state index contributed by atoms with van der Waals surface area (Å²) in [5, 5.41) is 9.86. The Hall–Kier alpha value is -1.95. The van der Waals surface area contributed by atoms with Crippen molar-refractivity contribution >= 4 is 5.82 Å². The average Bonchev–Trinajstić information content (AvgIpc) is 2.46. The first kappa shape index (κ1) is 8.15. The maximum Gasteiger partial charge on any atom is 0.300 e. The molecule has 1 aromatic rings. The molecule has 0 fully saturated rings. The van der Waals surface area contributed by atoms with Crippen LogP contribution in [-0.2, 0) is 0 Å². The first-order chi connectivity index (χ1) is 5.84. The Morgan fingerprint density at radius 2 is 2.50 bits per heavy atom. The summed E-state index contributed by atoms with van der Waals surface area (Å²) in [6.07, 6.45) is 0. The Morgan fingerprint density at radius 1 is 1.67 bits per heavy atom. The monoisotopic (exact) mass is 170 g/mol. The number of nitrogens with two attached hydrogens (primary N) is 1. The summed E-state index contributed by atoms with van der Waals surface area (Å²) in [4.78, 5) is 2.53. The maximum atomic E-state index is 7.91. The van der Waals surface area contributed by atoms with Gasteiger partial charge in [-0.25, -0.2) is 4.63 Å². The predicted octanol–water partition coefficient (Wildman–Crippen LogP) is 0.341. The summed E-state index contributed by atoms with van der Waals surface area (Å²) in [6.45, 7) is 0.408. The molecule has 0 aliphatic heterocycles. The van der Waals surface area contributed by atoms with E-state index >= 15 is 0 Å². The first-order valence-electron chi connectivity index (χ1n) is 3.06. The third-order valence-corrected chi connectivity index (χ3v) is 0.975. The Labute approximate surface area is 66.9 Å². The quantitative estimate of drug-likeness (QED) is 0.302. The number of aromatic nitrogens is 2. The van der Waals surface area contributed by atoms with Crippen LogP contribution in [0.1, 0.15) is 0 Å². The van der Waals surface area contributed by atoms with Gasteiger partial charge in [0.15, 0.2) is 0 Å². The van der Waals surface area contributed by atoms with E-state index in [9.17, 15) is 0 Å². The lowest BCUT2D eigenvalue weighted by molar-refractivity contribution is 0.260. The Bertz CT molecular complexity index is 289. The molecule has 0 saturated carbocycles. The predicted molar refractivity (Wildman–Crippen MR) is 38.2 cm³/mol. The van der Waals surface area contributed by atoms with Crippen molar-refractivity contribution in [3.8, 4) is 5.88 Å². The van der Waals surface area contributed by atoms with Crippen molar-refractivity contribution in [1.29, 1.82) is 0 Å². The third kappa shape index (κ3) is 2.03. The second-order valence-electron chi connectivity index (χ2n) is 1.76. The van der Waals surface area contributed by atoms with Gasteiger partial charge in [0.25, 0.3) is 5.88 Å². The van der Waals surface area contributed by atoms with Gasteiger partial charge >= 0.3 is 0 Å². The van der Waals surface area contributed by atoms with Crippen LogP contribution in [-0.4, -0.2) is 23.5 Å². The van der Waals surface area contributed by atoms with Gasteiger partial charge in [0, 0.05) is 4.91 Å². The SMILES string of the molecule is [N-]=[N+]=NCCOc1nonc1N. The molecule has 0 bridgehead atoms. The van der Waals surface area contributed by atoms with E-state index in [1.54, 1.807) is 0 Å². The third-order valence-electron chi connectivity index (χ3n) is 0.975. The van der Waals surface area contributed by atoms with Gasteiger partial charge in [0.05, 0.1) is 13.2 Å². The summed E-state index contributed by atoms with van der Waals surface area (Å²) in [5.74, 6) is 0.194. The van der Waals surface area contributed by atoms with Crippen LogP contribution in [0.25, 0.3) is 10.4 Å². The van der Waals surface area contributed by atoms with Crippen LogP contribution in [0.15, 0.2) is 9.74 Å². The van der Waals surface area contributed by atoms with E-state index in [1.165, 1.54) is 0 Å². The van der Waals surface area contributed by atoms with Gasteiger partial charge in [-0.3, -0.25) is 0 Å². The van der Waals surface area contributed by atoms with Crippen molar-refractivity contribution in [3.05, 3.63) is 10.4 Å². The zero-order chi connectivity index (χ0) is 8.81. The van der Waals surface area contributed by atoms with Gasteiger partial charge in [-0.15, -0.1) is 0 Å². The molecule has 0 unspecified atom stereocenters. The highest BCUT2D eigenvalue weighted by molar-refractivity contribution is 5.36. The molecule has 12 heavy (non-hydrogen) atoms. The smallest absolute Gasteiger partial charge is 0.300 e. The molecule has 8 heteroatoms. The molecule has 64 valence electrons. The van der Waals surface area contributed by atoms with E-state index in [0.29, 0.717) is 0 Å². The van der Waals surface area contributed by atoms with Gasteiger partial charge in [0.1, 0.15) is 0 Å². The molecule has 0 spiro atoms. The topological polar surface area (TPSA) is 123 Å². The fraction of sp³-hybridized carbons (Fsp3) is 0.500. The summed E-state index contributed by atoms with van der Waals surface area (Å²) in [6, 6.07) is 0. The van der Waals surface area contributed by atoms with Crippen LogP contribution in [0.4, 0.5) is 5.82 Å². The van der Waals surface area contributed by atoms with Crippen LogP contribution in [0.5, 0.6) is 5.88 Å². The highest BCUT2D eigenvalue weighted by Crippen LogP contribution is 2.13. The molecule has 1 heterocycles. The molecule has 1 aromatic heterocycles. The summed E-state index contributed by atoms with van der Waals surface area (Å²) < 4.78 is 9.17. The molecular weight excluding hydrogens is 164 g/mol. The fourth-order valence-corrected chi connectivity index (χ4v) is 0.515. The van der Waals surface area contributed by atoms with Gasteiger partial charge in [-0.05, 0) is 15.8 Å². The summed E-state index contributed by atoms with van der Waals surface area (Å²) in [7, 11) is 0. The number of ether oxygens (including phenoxy) is 1. The molecular formula is C4H6N6O2. The molecule has 8 nitrogen and oxygen atoms in total. The molecule has 0 aliphatic rings. The number of anilines is 1. The second-order valence-corrected chi connectivity index (χ2v) is 1.76. The number of hydrogen-bond donors (Lipinski definition) is 1. The van der Waals surface area contributed by atoms with Crippen molar-refractivity contribution in [2.75, 3.05) is 18.9 Å². The average molecular weight is 170 g/mol. The lowest BCUT2D eigenvalue weighted by Gasteiger charge is -1.96. The van der Waals surface area contributed by atoms with Crippen molar-refractivity contribution in [2.24, 2.45) is 5.11 Å². The minimum atomic E-state index is 0.0796. The van der Waals surface area contributed by atoms with Crippen LogP contribution in [0.3, 0.4) is 0 Å². The fourth-order valence-electron chi connectivity index (χ4n) is 0.515.